The average molecular weight is 363 g/mol. The topological polar surface area (TPSA) is 50.2 Å². The first-order chi connectivity index (χ1) is 12.6. The highest BCUT2D eigenvalue weighted by atomic mass is 32.1. The number of halogens is 1. The lowest BCUT2D eigenvalue weighted by Crippen LogP contribution is -2.04. The molecule has 1 heterocycles. The molecule has 0 aliphatic rings. The highest BCUT2D eigenvalue weighted by molar-refractivity contribution is 7.21. The van der Waals surface area contributed by atoms with Crippen LogP contribution in [0.3, 0.4) is 0 Å². The van der Waals surface area contributed by atoms with E-state index in [9.17, 15) is 14.3 Å². The van der Waals surface area contributed by atoms with E-state index in [2.05, 4.69) is 4.98 Å². The van der Waals surface area contributed by atoms with Crippen LogP contribution in [-0.4, -0.2) is 15.9 Å². The fraction of sp³-hybridized carbons (Fsp3) is 0.0476. The van der Waals surface area contributed by atoms with Crippen molar-refractivity contribution in [3.63, 3.8) is 0 Å². The van der Waals surface area contributed by atoms with Gasteiger partial charge >= 0.3 is 0 Å². The molecule has 1 aromatic heterocycles. The van der Waals surface area contributed by atoms with Crippen LogP contribution in [0.2, 0.25) is 0 Å². The highest BCUT2D eigenvalue weighted by Crippen LogP contribution is 2.35. The van der Waals surface area contributed by atoms with Crippen LogP contribution in [-0.2, 0) is 6.42 Å². The van der Waals surface area contributed by atoms with Crippen LogP contribution in [0.5, 0.6) is 5.75 Å². The van der Waals surface area contributed by atoms with Crippen LogP contribution in [0.25, 0.3) is 20.8 Å². The molecule has 5 heteroatoms. The fourth-order valence-corrected chi connectivity index (χ4v) is 3.79. The molecule has 26 heavy (non-hydrogen) atoms. The highest BCUT2D eigenvalue weighted by Gasteiger charge is 2.14. The number of fused-ring (bicyclic) bond motifs is 1. The molecule has 4 aromatic rings. The number of thiazole rings is 1. The van der Waals surface area contributed by atoms with Crippen LogP contribution in [0.15, 0.2) is 66.7 Å². The molecule has 0 amide bonds. The largest absolute Gasteiger partial charge is 0.507 e. The number of aromatic hydroxyl groups is 1. The van der Waals surface area contributed by atoms with Gasteiger partial charge in [0.2, 0.25) is 0 Å². The standard InChI is InChI=1S/C21H14FNO2S/c22-15-5-3-4-14(12-15)19(25)11-13-8-9-18(24)16(10-13)21-23-17-6-1-2-7-20(17)26-21/h1-10,12,24H,11H2. The zero-order chi connectivity index (χ0) is 18.1. The lowest BCUT2D eigenvalue weighted by Gasteiger charge is -2.06. The van der Waals surface area contributed by atoms with Crippen molar-refractivity contribution in [1.82, 2.24) is 4.98 Å². The summed E-state index contributed by atoms with van der Waals surface area (Å²) < 4.78 is 14.3. The lowest BCUT2D eigenvalue weighted by molar-refractivity contribution is 0.0992. The van der Waals surface area contributed by atoms with Crippen molar-refractivity contribution in [3.05, 3.63) is 83.7 Å². The summed E-state index contributed by atoms with van der Waals surface area (Å²) in [4.78, 5) is 17.0. The van der Waals surface area contributed by atoms with Crippen LogP contribution in [0, 0.1) is 5.82 Å². The summed E-state index contributed by atoms with van der Waals surface area (Å²) in [5, 5.41) is 10.9. The molecular formula is C21H14FNO2S. The molecule has 0 fully saturated rings. The van der Waals surface area contributed by atoms with Crippen LogP contribution >= 0.6 is 11.3 Å². The van der Waals surface area contributed by atoms with Crippen molar-refractivity contribution in [1.29, 1.82) is 0 Å². The van der Waals surface area contributed by atoms with Crippen molar-refractivity contribution in [2.45, 2.75) is 6.42 Å². The van der Waals surface area contributed by atoms with E-state index in [0.29, 0.717) is 16.1 Å². The molecule has 0 saturated carbocycles. The number of Topliss-reactive ketones (excluding diaryl/α,β-unsaturated/α-hetero) is 1. The minimum atomic E-state index is -0.434. The predicted molar refractivity (Wildman–Crippen MR) is 101 cm³/mol. The van der Waals surface area contributed by atoms with Gasteiger partial charge in [-0.25, -0.2) is 9.37 Å². The number of benzene rings is 3. The first-order valence-corrected chi connectivity index (χ1v) is 8.88. The molecule has 4 rings (SSSR count). The normalized spacial score (nSPS) is 11.0. The number of carbonyl (C=O) groups excluding carboxylic acids is 1. The summed E-state index contributed by atoms with van der Waals surface area (Å²) in [7, 11) is 0. The van der Waals surface area contributed by atoms with Gasteiger partial charge in [-0.15, -0.1) is 11.3 Å². The van der Waals surface area contributed by atoms with Gasteiger partial charge in [-0.1, -0.05) is 30.3 Å². The van der Waals surface area contributed by atoms with Gasteiger partial charge in [-0.3, -0.25) is 4.79 Å². The number of carbonyl (C=O) groups is 1. The number of aromatic nitrogens is 1. The van der Waals surface area contributed by atoms with Gasteiger partial charge in [0, 0.05) is 12.0 Å². The summed E-state index contributed by atoms with van der Waals surface area (Å²) in [6.07, 6.45) is 0.127. The molecule has 0 aliphatic carbocycles. The third kappa shape index (κ3) is 3.21. The van der Waals surface area contributed by atoms with Gasteiger partial charge < -0.3 is 5.11 Å². The van der Waals surface area contributed by atoms with Crippen molar-refractivity contribution in [2.75, 3.05) is 0 Å². The zero-order valence-corrected chi connectivity index (χ0v) is 14.5. The molecule has 128 valence electrons. The lowest BCUT2D eigenvalue weighted by atomic mass is 10.0. The van der Waals surface area contributed by atoms with Crippen molar-refractivity contribution < 1.29 is 14.3 Å². The zero-order valence-electron chi connectivity index (χ0n) is 13.6. The Morgan fingerprint density at radius 2 is 1.88 bits per heavy atom. The Morgan fingerprint density at radius 1 is 1.04 bits per heavy atom. The summed E-state index contributed by atoms with van der Waals surface area (Å²) in [5.41, 5.74) is 2.54. The number of hydrogen-bond acceptors (Lipinski definition) is 4. The average Bonchev–Trinajstić information content (AvgIpc) is 3.07. The Kier molecular flexibility index (Phi) is 4.22. The Hall–Kier alpha value is -3.05. The van der Waals surface area contributed by atoms with Crippen LogP contribution < -0.4 is 0 Å². The molecule has 0 bridgehead atoms. The summed E-state index contributed by atoms with van der Waals surface area (Å²) in [6.45, 7) is 0. The molecule has 1 N–H and O–H groups in total. The maximum atomic E-state index is 13.3. The summed E-state index contributed by atoms with van der Waals surface area (Å²) in [6, 6.07) is 18.4. The Labute approximate surface area is 153 Å². The molecule has 3 nitrogen and oxygen atoms in total. The Morgan fingerprint density at radius 3 is 2.69 bits per heavy atom. The molecule has 0 saturated heterocycles. The fourth-order valence-electron chi connectivity index (χ4n) is 2.80. The van der Waals surface area contributed by atoms with Crippen LogP contribution in [0.4, 0.5) is 4.39 Å². The molecule has 0 unspecified atom stereocenters. The van der Waals surface area contributed by atoms with Crippen molar-refractivity contribution in [3.8, 4) is 16.3 Å². The Bertz CT molecular complexity index is 1090. The van der Waals surface area contributed by atoms with Crippen LogP contribution in [0.1, 0.15) is 15.9 Å². The minimum absolute atomic E-state index is 0.117. The van der Waals surface area contributed by atoms with E-state index < -0.39 is 5.82 Å². The smallest absolute Gasteiger partial charge is 0.167 e. The summed E-state index contributed by atoms with van der Waals surface area (Å²) in [5.74, 6) is -0.492. The molecule has 0 spiro atoms. The number of phenolic OH excluding ortho intramolecular Hbond substituents is 1. The number of nitrogens with zero attached hydrogens (tertiary/aromatic N) is 1. The van der Waals surface area contributed by atoms with Gasteiger partial charge in [0.25, 0.3) is 0 Å². The van der Waals surface area contributed by atoms with Gasteiger partial charge in [0.15, 0.2) is 5.78 Å². The second kappa shape index (κ2) is 6.69. The monoisotopic (exact) mass is 363 g/mol. The van der Waals surface area contributed by atoms with Crippen molar-refractivity contribution >= 4 is 27.3 Å². The number of para-hydroxylation sites is 1. The third-order valence-electron chi connectivity index (χ3n) is 4.10. The van der Waals surface area contributed by atoms with E-state index in [1.54, 1.807) is 24.3 Å². The van der Waals surface area contributed by atoms with Gasteiger partial charge in [-0.05, 0) is 42.0 Å². The van der Waals surface area contributed by atoms with Gasteiger partial charge in [0.1, 0.15) is 16.6 Å². The SMILES string of the molecule is O=C(Cc1ccc(O)c(-c2nc3ccccc3s2)c1)c1cccc(F)c1. The molecular weight excluding hydrogens is 349 g/mol. The predicted octanol–water partition coefficient (Wildman–Crippen LogP) is 5.23. The number of phenols is 1. The first-order valence-electron chi connectivity index (χ1n) is 8.07. The third-order valence-corrected chi connectivity index (χ3v) is 5.17. The number of hydrogen-bond donors (Lipinski definition) is 1. The second-order valence-corrected chi connectivity index (χ2v) is 6.98. The Balaban J connectivity index is 1.67. The minimum Gasteiger partial charge on any atom is -0.507 e. The number of rotatable bonds is 4. The van der Waals surface area contributed by atoms with E-state index in [0.717, 1.165) is 15.8 Å². The maximum absolute atomic E-state index is 13.3. The van der Waals surface area contributed by atoms with E-state index in [-0.39, 0.29) is 18.0 Å². The van der Waals surface area contributed by atoms with E-state index in [4.69, 9.17) is 0 Å². The maximum Gasteiger partial charge on any atom is 0.167 e. The molecule has 0 atom stereocenters. The van der Waals surface area contributed by atoms with E-state index >= 15 is 0 Å². The number of ketones is 1. The van der Waals surface area contributed by atoms with Crippen molar-refractivity contribution in [2.24, 2.45) is 0 Å². The summed E-state index contributed by atoms with van der Waals surface area (Å²) >= 11 is 1.48. The van der Waals surface area contributed by atoms with Gasteiger partial charge in [0.05, 0.1) is 15.8 Å². The molecule has 0 aliphatic heterocycles. The van der Waals surface area contributed by atoms with E-state index in [1.807, 2.05) is 24.3 Å². The van der Waals surface area contributed by atoms with E-state index in [1.165, 1.54) is 29.5 Å². The molecule has 3 aromatic carbocycles. The molecule has 0 radical (unpaired) electrons. The van der Waals surface area contributed by atoms with Gasteiger partial charge in [-0.2, -0.15) is 0 Å². The first kappa shape index (κ1) is 16.4. The quantitative estimate of drug-likeness (QED) is 0.505. The second-order valence-electron chi connectivity index (χ2n) is 5.95.